The van der Waals surface area contributed by atoms with Gasteiger partial charge in [-0.3, -0.25) is 24.6 Å². The zero-order valence-electron chi connectivity index (χ0n) is 21.8. The Kier molecular flexibility index (Phi) is 9.92. The monoisotopic (exact) mass is 570 g/mol. The molecule has 1 atom stereocenters. The quantitative estimate of drug-likeness (QED) is 0.0552. The third-order valence-electron chi connectivity index (χ3n) is 5.61. The maximum atomic E-state index is 13.8. The predicted molar refractivity (Wildman–Crippen MR) is 157 cm³/mol. The number of aryl methyl sites for hydroxylation is 1. The number of non-ortho nitro benzene ring substituents is 1. The molecular formula is C28H30N2O5S3. The Labute approximate surface area is 236 Å². The Balaban J connectivity index is 2.05. The van der Waals surface area contributed by atoms with Crippen LogP contribution in [0.1, 0.15) is 38.3 Å². The molecule has 0 aliphatic carbocycles. The number of hydrogen-bond acceptors (Lipinski definition) is 8. The molecule has 1 heterocycles. The van der Waals surface area contributed by atoms with Crippen LogP contribution in [0.4, 0.5) is 5.69 Å². The highest BCUT2D eigenvalue weighted by Gasteiger charge is 2.43. The van der Waals surface area contributed by atoms with Gasteiger partial charge in [0.2, 0.25) is 11.0 Å². The molecule has 0 saturated carbocycles. The number of ketones is 1. The van der Waals surface area contributed by atoms with Crippen molar-refractivity contribution in [2.45, 2.75) is 51.0 Å². The Bertz CT molecular complexity index is 1260. The van der Waals surface area contributed by atoms with Crippen LogP contribution in [0, 0.1) is 22.5 Å². The van der Waals surface area contributed by atoms with Crippen molar-refractivity contribution < 1.29 is 19.2 Å². The van der Waals surface area contributed by atoms with E-state index in [1.165, 1.54) is 35.7 Å². The number of hydrogen-bond donors (Lipinski definition) is 0. The Hall–Kier alpha value is -2.95. The van der Waals surface area contributed by atoms with Crippen LogP contribution in [0.15, 0.2) is 76.7 Å². The third kappa shape index (κ3) is 7.33. The number of likely N-dealkylation sites (tertiary alicyclic amines) is 1. The van der Waals surface area contributed by atoms with Crippen molar-refractivity contribution in [1.29, 1.82) is 0 Å². The molecule has 1 saturated heterocycles. The maximum absolute atomic E-state index is 13.8. The molecule has 0 spiro atoms. The van der Waals surface area contributed by atoms with Gasteiger partial charge in [0.1, 0.15) is 12.3 Å². The van der Waals surface area contributed by atoms with E-state index in [1.807, 2.05) is 52.0 Å². The van der Waals surface area contributed by atoms with Crippen LogP contribution in [0.25, 0.3) is 0 Å². The minimum Gasteiger partial charge on any atom is -0.477 e. The standard InChI is InChI=1S/C28H30N2O5S3/c1-6-15-37-23-16-22(31)29(23)24(27(36)35-17-19-9-11-20(12-10-19)30(33)34)25(26(32)28(3,4)5)38-21-13-7-18(2)8-14-21/h6-14,23H,1,15-17H2,2-5H3. The molecule has 1 unspecified atom stereocenters. The summed E-state index contributed by atoms with van der Waals surface area (Å²) in [6, 6.07) is 13.7. The lowest BCUT2D eigenvalue weighted by Crippen LogP contribution is -2.52. The van der Waals surface area contributed by atoms with Gasteiger partial charge in [-0.15, -0.1) is 18.3 Å². The Morgan fingerprint density at radius 2 is 1.84 bits per heavy atom. The smallest absolute Gasteiger partial charge is 0.269 e. The van der Waals surface area contributed by atoms with E-state index in [4.69, 9.17) is 17.0 Å². The number of rotatable bonds is 11. The first-order chi connectivity index (χ1) is 17.9. The summed E-state index contributed by atoms with van der Waals surface area (Å²) in [6.45, 7) is 11.3. The van der Waals surface area contributed by atoms with Crippen LogP contribution in [0.2, 0.25) is 0 Å². The average Bonchev–Trinajstić information content (AvgIpc) is 2.87. The summed E-state index contributed by atoms with van der Waals surface area (Å²) in [5.74, 6) is 0.323. The lowest BCUT2D eigenvalue weighted by atomic mass is 9.89. The van der Waals surface area contributed by atoms with E-state index in [0.717, 1.165) is 10.5 Å². The van der Waals surface area contributed by atoms with Crippen molar-refractivity contribution in [3.63, 3.8) is 0 Å². The topological polar surface area (TPSA) is 89.8 Å². The molecule has 2 aromatic carbocycles. The van der Waals surface area contributed by atoms with Crippen molar-refractivity contribution >= 4 is 58.2 Å². The van der Waals surface area contributed by atoms with Crippen LogP contribution in [0.3, 0.4) is 0 Å². The molecule has 0 bridgehead atoms. The van der Waals surface area contributed by atoms with Crippen LogP contribution in [-0.2, 0) is 20.9 Å². The normalized spacial score (nSPS) is 15.8. The summed E-state index contributed by atoms with van der Waals surface area (Å²) in [4.78, 5) is 40.0. The van der Waals surface area contributed by atoms with Crippen molar-refractivity contribution in [1.82, 2.24) is 4.90 Å². The number of β-lactam (4-membered cyclic amide) rings is 1. The zero-order valence-corrected chi connectivity index (χ0v) is 24.2. The largest absolute Gasteiger partial charge is 0.477 e. The molecule has 200 valence electrons. The summed E-state index contributed by atoms with van der Waals surface area (Å²) in [5, 5.41) is 10.8. The lowest BCUT2D eigenvalue weighted by Gasteiger charge is -2.42. The molecule has 0 radical (unpaired) electrons. The number of nitro groups is 1. The summed E-state index contributed by atoms with van der Waals surface area (Å²) < 4.78 is 5.96. The summed E-state index contributed by atoms with van der Waals surface area (Å²) in [6.07, 6.45) is 2.08. The summed E-state index contributed by atoms with van der Waals surface area (Å²) >= 11 is 8.52. The van der Waals surface area contributed by atoms with Crippen molar-refractivity contribution in [3.8, 4) is 0 Å². The van der Waals surface area contributed by atoms with Gasteiger partial charge in [-0.25, -0.2) is 0 Å². The van der Waals surface area contributed by atoms with Gasteiger partial charge in [-0.05, 0) is 49.0 Å². The Morgan fingerprint density at radius 3 is 2.37 bits per heavy atom. The number of ether oxygens (including phenoxy) is 1. The molecule has 1 aliphatic heterocycles. The lowest BCUT2D eigenvalue weighted by molar-refractivity contribution is -0.384. The second-order valence-corrected chi connectivity index (χ2v) is 12.4. The van der Waals surface area contributed by atoms with Crippen LogP contribution in [0.5, 0.6) is 0 Å². The van der Waals surface area contributed by atoms with E-state index in [0.29, 0.717) is 22.6 Å². The molecular weight excluding hydrogens is 541 g/mol. The fraction of sp³-hybridized carbons (Fsp3) is 0.321. The second-order valence-electron chi connectivity index (χ2n) is 9.72. The van der Waals surface area contributed by atoms with Crippen molar-refractivity contribution in [3.05, 3.63) is 93.0 Å². The second kappa shape index (κ2) is 12.7. The highest BCUT2D eigenvalue weighted by atomic mass is 32.2. The SMILES string of the molecule is C=CCSC1CC(=O)N1C(C(=S)OCc1ccc([N+](=O)[O-])cc1)=C(Sc1ccc(C)cc1)C(=O)C(C)(C)C. The van der Waals surface area contributed by atoms with E-state index in [1.54, 1.807) is 23.1 Å². The van der Waals surface area contributed by atoms with Gasteiger partial charge in [0.05, 0.1) is 21.6 Å². The van der Waals surface area contributed by atoms with Crippen LogP contribution in [-0.4, -0.2) is 37.7 Å². The number of allylic oxidation sites excluding steroid dienone is 1. The molecule has 0 N–H and O–H groups in total. The fourth-order valence-electron chi connectivity index (χ4n) is 3.47. The van der Waals surface area contributed by atoms with Gasteiger partial charge in [-0.2, -0.15) is 0 Å². The molecule has 2 aromatic rings. The minimum absolute atomic E-state index is 0.0211. The van der Waals surface area contributed by atoms with Crippen molar-refractivity contribution in [2.24, 2.45) is 5.41 Å². The van der Waals surface area contributed by atoms with E-state index in [2.05, 4.69) is 6.58 Å². The number of amides is 1. The van der Waals surface area contributed by atoms with Crippen LogP contribution >= 0.6 is 35.7 Å². The Morgan fingerprint density at radius 1 is 1.21 bits per heavy atom. The molecule has 1 amide bonds. The molecule has 0 aromatic heterocycles. The van der Waals surface area contributed by atoms with Gasteiger partial charge in [0.15, 0.2) is 5.78 Å². The van der Waals surface area contributed by atoms with Gasteiger partial charge >= 0.3 is 0 Å². The molecule has 38 heavy (non-hydrogen) atoms. The van der Waals surface area contributed by atoms with E-state index in [9.17, 15) is 19.7 Å². The van der Waals surface area contributed by atoms with Gasteiger partial charge in [-0.1, -0.05) is 56.3 Å². The number of thiocarbonyl (C=S) groups is 1. The van der Waals surface area contributed by atoms with Gasteiger partial charge < -0.3 is 4.74 Å². The van der Waals surface area contributed by atoms with Crippen molar-refractivity contribution in [2.75, 3.05) is 5.75 Å². The number of nitrogens with zero attached hydrogens (tertiary/aromatic N) is 2. The molecule has 1 fully saturated rings. The predicted octanol–water partition coefficient (Wildman–Crippen LogP) is 6.84. The molecule has 7 nitrogen and oxygen atoms in total. The summed E-state index contributed by atoms with van der Waals surface area (Å²) in [7, 11) is 0. The first kappa shape index (κ1) is 29.6. The first-order valence-corrected chi connectivity index (χ1v) is 14.2. The first-order valence-electron chi connectivity index (χ1n) is 11.9. The van der Waals surface area contributed by atoms with E-state index < -0.39 is 10.3 Å². The number of nitro benzene ring substituents is 1. The maximum Gasteiger partial charge on any atom is 0.269 e. The number of carbonyl (C=O) groups is 2. The highest BCUT2D eigenvalue weighted by molar-refractivity contribution is 8.04. The van der Waals surface area contributed by atoms with Gasteiger partial charge in [0, 0.05) is 28.2 Å². The number of Topliss-reactive ketones (excluding diaryl/α,β-unsaturated/α-hetero) is 1. The fourth-order valence-corrected chi connectivity index (χ4v) is 5.98. The molecule has 1 aliphatic rings. The van der Waals surface area contributed by atoms with Crippen LogP contribution < -0.4 is 0 Å². The average molecular weight is 571 g/mol. The van der Waals surface area contributed by atoms with E-state index >= 15 is 0 Å². The molecule has 10 heteroatoms. The minimum atomic E-state index is -0.746. The highest BCUT2D eigenvalue weighted by Crippen LogP contribution is 2.41. The third-order valence-corrected chi connectivity index (χ3v) is 8.20. The number of thioether (sulfide) groups is 2. The van der Waals surface area contributed by atoms with Gasteiger partial charge in [0.25, 0.3) is 5.69 Å². The zero-order chi connectivity index (χ0) is 28.0. The molecule has 3 rings (SSSR count). The summed E-state index contributed by atoms with van der Waals surface area (Å²) in [5.41, 5.74) is 1.26. The van der Waals surface area contributed by atoms with E-state index in [-0.39, 0.29) is 40.1 Å². The number of carbonyl (C=O) groups excluding carboxylic acids is 2. The number of benzene rings is 2.